The number of anilines is 2. The van der Waals surface area contributed by atoms with Crippen LogP contribution in [0.1, 0.15) is 35.6 Å². The van der Waals surface area contributed by atoms with Crippen molar-refractivity contribution in [2.45, 2.75) is 26.8 Å². The summed E-state index contributed by atoms with van der Waals surface area (Å²) in [5.74, 6) is 2.26. The fourth-order valence-corrected chi connectivity index (χ4v) is 2.04. The molecule has 2 aromatic rings. The average molecular weight is 256 g/mol. The number of rotatable bonds is 3. The van der Waals surface area contributed by atoms with E-state index >= 15 is 0 Å². The average Bonchev–Trinajstić information content (AvgIpc) is 2.70. The molecule has 0 saturated heterocycles. The Morgan fingerprint density at radius 1 is 1.42 bits per heavy atom. The van der Waals surface area contributed by atoms with Gasteiger partial charge in [0.15, 0.2) is 0 Å². The van der Waals surface area contributed by atoms with Crippen LogP contribution in [0.15, 0.2) is 22.7 Å². The molecule has 1 unspecified atom stereocenters. The fraction of sp³-hybridized carbons (Fsp3) is 0.286. The Balaban J connectivity index is 2.27. The van der Waals surface area contributed by atoms with Crippen LogP contribution in [0.5, 0.6) is 0 Å². The normalized spacial score (nSPS) is 11.9. The van der Waals surface area contributed by atoms with Gasteiger partial charge in [-0.3, -0.25) is 0 Å². The Kier molecular flexibility index (Phi) is 3.43. The van der Waals surface area contributed by atoms with Gasteiger partial charge in [0.2, 0.25) is 0 Å². The summed E-state index contributed by atoms with van der Waals surface area (Å²) in [5.41, 5.74) is 7.58. The number of pyridine rings is 1. The summed E-state index contributed by atoms with van der Waals surface area (Å²) < 4.78 is 5.50. The molecule has 0 spiro atoms. The van der Waals surface area contributed by atoms with E-state index in [0.29, 0.717) is 17.1 Å². The number of nitrogens with zero attached hydrogens (tertiary/aromatic N) is 2. The van der Waals surface area contributed by atoms with Gasteiger partial charge in [0.25, 0.3) is 0 Å². The first kappa shape index (κ1) is 13.0. The summed E-state index contributed by atoms with van der Waals surface area (Å²) in [6, 6.07) is 5.67. The lowest BCUT2D eigenvalue weighted by Gasteiger charge is -2.14. The quantitative estimate of drug-likeness (QED) is 0.881. The van der Waals surface area contributed by atoms with Crippen LogP contribution in [-0.4, -0.2) is 4.98 Å². The summed E-state index contributed by atoms with van der Waals surface area (Å²) in [4.78, 5) is 4.16. The monoisotopic (exact) mass is 256 g/mol. The molecule has 98 valence electrons. The molecular formula is C14H16N4O. The summed E-state index contributed by atoms with van der Waals surface area (Å²) >= 11 is 0. The highest BCUT2D eigenvalue weighted by molar-refractivity contribution is 5.58. The van der Waals surface area contributed by atoms with E-state index in [2.05, 4.69) is 16.4 Å². The number of nitriles is 1. The third-order valence-electron chi connectivity index (χ3n) is 2.93. The molecule has 0 bridgehead atoms. The molecule has 0 saturated carbocycles. The molecule has 0 aliphatic heterocycles. The Hall–Kier alpha value is -2.48. The van der Waals surface area contributed by atoms with E-state index in [1.165, 1.54) is 6.20 Å². The second kappa shape index (κ2) is 5.02. The van der Waals surface area contributed by atoms with Crippen LogP contribution in [-0.2, 0) is 0 Å². The van der Waals surface area contributed by atoms with Crippen molar-refractivity contribution in [3.8, 4) is 6.07 Å². The molecule has 1 atom stereocenters. The zero-order valence-corrected chi connectivity index (χ0v) is 11.2. The smallest absolute Gasteiger partial charge is 0.144 e. The van der Waals surface area contributed by atoms with Crippen molar-refractivity contribution in [3.63, 3.8) is 0 Å². The molecule has 0 amide bonds. The van der Waals surface area contributed by atoms with Crippen LogP contribution in [0, 0.1) is 25.2 Å². The van der Waals surface area contributed by atoms with E-state index < -0.39 is 0 Å². The second-order valence-electron chi connectivity index (χ2n) is 4.51. The van der Waals surface area contributed by atoms with Gasteiger partial charge >= 0.3 is 0 Å². The van der Waals surface area contributed by atoms with Gasteiger partial charge in [0.05, 0.1) is 23.5 Å². The van der Waals surface area contributed by atoms with Crippen molar-refractivity contribution in [1.82, 2.24) is 4.98 Å². The maximum atomic E-state index is 9.08. The minimum atomic E-state index is 0.000625. The number of furan rings is 1. The first-order valence-corrected chi connectivity index (χ1v) is 6.00. The minimum absolute atomic E-state index is 0.000625. The molecule has 0 aromatic carbocycles. The van der Waals surface area contributed by atoms with Crippen molar-refractivity contribution in [3.05, 3.63) is 41.0 Å². The van der Waals surface area contributed by atoms with E-state index in [1.54, 1.807) is 6.07 Å². The van der Waals surface area contributed by atoms with Crippen LogP contribution < -0.4 is 11.1 Å². The molecule has 3 N–H and O–H groups in total. The Bertz CT molecular complexity index is 639. The molecule has 0 aliphatic carbocycles. The van der Waals surface area contributed by atoms with Gasteiger partial charge in [0, 0.05) is 5.56 Å². The van der Waals surface area contributed by atoms with Crippen LogP contribution in [0.3, 0.4) is 0 Å². The van der Waals surface area contributed by atoms with Crippen molar-refractivity contribution in [1.29, 1.82) is 5.26 Å². The van der Waals surface area contributed by atoms with Gasteiger partial charge in [-0.15, -0.1) is 0 Å². The van der Waals surface area contributed by atoms with Gasteiger partial charge < -0.3 is 15.5 Å². The SMILES string of the molecule is Cc1cc(C(C)Nc2ncc(N)cc2C#N)c(C)o1. The van der Waals surface area contributed by atoms with E-state index in [9.17, 15) is 0 Å². The number of aromatic nitrogens is 1. The highest BCUT2D eigenvalue weighted by Crippen LogP contribution is 2.25. The van der Waals surface area contributed by atoms with E-state index in [-0.39, 0.29) is 6.04 Å². The van der Waals surface area contributed by atoms with E-state index in [1.807, 2.05) is 26.8 Å². The number of aryl methyl sites for hydroxylation is 2. The maximum absolute atomic E-state index is 9.08. The molecule has 2 heterocycles. The van der Waals surface area contributed by atoms with E-state index in [0.717, 1.165) is 17.1 Å². The molecule has 0 fully saturated rings. The van der Waals surface area contributed by atoms with E-state index in [4.69, 9.17) is 15.4 Å². The number of nitrogens with one attached hydrogen (secondary N) is 1. The highest BCUT2D eigenvalue weighted by atomic mass is 16.3. The number of hydrogen-bond acceptors (Lipinski definition) is 5. The lowest BCUT2D eigenvalue weighted by atomic mass is 10.1. The zero-order valence-electron chi connectivity index (χ0n) is 11.2. The summed E-state index contributed by atoms with van der Waals surface area (Å²) in [6.45, 7) is 5.82. The number of nitrogen functional groups attached to an aromatic ring is 1. The van der Waals surface area contributed by atoms with Gasteiger partial charge in [-0.1, -0.05) is 0 Å². The molecule has 0 radical (unpaired) electrons. The predicted molar refractivity (Wildman–Crippen MR) is 73.6 cm³/mol. The van der Waals surface area contributed by atoms with Gasteiger partial charge in [-0.2, -0.15) is 5.26 Å². The first-order valence-electron chi connectivity index (χ1n) is 6.00. The molecule has 0 aliphatic rings. The third-order valence-corrected chi connectivity index (χ3v) is 2.93. The van der Waals surface area contributed by atoms with Gasteiger partial charge in [-0.25, -0.2) is 4.98 Å². The third kappa shape index (κ3) is 2.68. The summed E-state index contributed by atoms with van der Waals surface area (Å²) in [6.07, 6.45) is 1.53. The molecule has 2 rings (SSSR count). The summed E-state index contributed by atoms with van der Waals surface area (Å²) in [7, 11) is 0. The molecular weight excluding hydrogens is 240 g/mol. The lowest BCUT2D eigenvalue weighted by molar-refractivity contribution is 0.499. The Labute approximate surface area is 112 Å². The largest absolute Gasteiger partial charge is 0.466 e. The second-order valence-corrected chi connectivity index (χ2v) is 4.51. The Morgan fingerprint density at radius 2 is 2.16 bits per heavy atom. The number of hydrogen-bond donors (Lipinski definition) is 2. The van der Waals surface area contributed by atoms with Crippen LogP contribution in [0.2, 0.25) is 0 Å². The van der Waals surface area contributed by atoms with Gasteiger partial charge in [0.1, 0.15) is 23.4 Å². The molecule has 5 nitrogen and oxygen atoms in total. The van der Waals surface area contributed by atoms with Crippen LogP contribution in [0.25, 0.3) is 0 Å². The van der Waals surface area contributed by atoms with Gasteiger partial charge in [-0.05, 0) is 32.9 Å². The Morgan fingerprint density at radius 3 is 2.74 bits per heavy atom. The standard InChI is InChI=1S/C14H16N4O/c1-8-4-13(10(3)19-8)9(2)18-14-11(6-15)5-12(16)7-17-14/h4-5,7,9H,16H2,1-3H3,(H,17,18). The number of nitrogens with two attached hydrogens (primary N) is 1. The highest BCUT2D eigenvalue weighted by Gasteiger charge is 2.14. The zero-order chi connectivity index (χ0) is 14.0. The maximum Gasteiger partial charge on any atom is 0.144 e. The first-order chi connectivity index (χ1) is 9.01. The van der Waals surface area contributed by atoms with Crippen molar-refractivity contribution < 1.29 is 4.42 Å². The topological polar surface area (TPSA) is 87.9 Å². The van der Waals surface area contributed by atoms with Crippen LogP contribution in [0.4, 0.5) is 11.5 Å². The minimum Gasteiger partial charge on any atom is -0.466 e. The lowest BCUT2D eigenvalue weighted by Crippen LogP contribution is -2.10. The molecule has 19 heavy (non-hydrogen) atoms. The predicted octanol–water partition coefficient (Wildman–Crippen LogP) is 2.92. The molecule has 5 heteroatoms. The van der Waals surface area contributed by atoms with Crippen molar-refractivity contribution in [2.75, 3.05) is 11.1 Å². The van der Waals surface area contributed by atoms with Crippen LogP contribution >= 0.6 is 0 Å². The van der Waals surface area contributed by atoms with Crippen molar-refractivity contribution >= 4 is 11.5 Å². The fourth-order valence-electron chi connectivity index (χ4n) is 2.04. The summed E-state index contributed by atoms with van der Waals surface area (Å²) in [5, 5.41) is 12.3. The molecule has 2 aromatic heterocycles. The van der Waals surface area contributed by atoms with Crippen molar-refractivity contribution in [2.24, 2.45) is 0 Å².